The summed E-state index contributed by atoms with van der Waals surface area (Å²) in [5.41, 5.74) is -0.0490. The number of nitrogens with one attached hydrogen (secondary N) is 1. The lowest BCUT2D eigenvalue weighted by Crippen LogP contribution is -2.14. The Labute approximate surface area is 116 Å². The summed E-state index contributed by atoms with van der Waals surface area (Å²) >= 11 is 6.01. The van der Waals surface area contributed by atoms with E-state index in [1.165, 1.54) is 17.1 Å². The zero-order valence-corrected chi connectivity index (χ0v) is 10.6. The zero-order valence-electron chi connectivity index (χ0n) is 9.87. The highest BCUT2D eigenvalue weighted by Crippen LogP contribution is 2.19. The van der Waals surface area contributed by atoms with Crippen LogP contribution in [0.1, 0.15) is 10.4 Å². The molecule has 3 aromatic rings. The lowest BCUT2D eigenvalue weighted by atomic mass is 10.2. The molecule has 0 spiro atoms. The molecular weight excluding hydrogens is 284 g/mol. The number of carboxylic acids is 1. The average molecular weight is 291 g/mol. The van der Waals surface area contributed by atoms with E-state index in [0.717, 1.165) is 0 Å². The van der Waals surface area contributed by atoms with Crippen LogP contribution in [0.25, 0.3) is 16.9 Å². The number of hydrogen-bond acceptors (Lipinski definition) is 4. The van der Waals surface area contributed by atoms with Gasteiger partial charge in [-0.2, -0.15) is 5.10 Å². The number of fused-ring (bicyclic) bond motifs is 1. The van der Waals surface area contributed by atoms with Crippen LogP contribution in [-0.2, 0) is 0 Å². The molecular formula is C12H7ClN4O3. The minimum absolute atomic E-state index is 0.00750. The third kappa shape index (κ3) is 1.94. The van der Waals surface area contributed by atoms with Crippen molar-refractivity contribution >= 4 is 28.5 Å². The quantitative estimate of drug-likeness (QED) is 0.744. The maximum absolute atomic E-state index is 12.0. The van der Waals surface area contributed by atoms with Crippen LogP contribution < -0.4 is 5.56 Å². The van der Waals surface area contributed by atoms with E-state index in [4.69, 9.17) is 16.7 Å². The summed E-state index contributed by atoms with van der Waals surface area (Å²) in [6.07, 6.45) is 2.42. The minimum atomic E-state index is -1.11. The van der Waals surface area contributed by atoms with Crippen molar-refractivity contribution in [3.63, 3.8) is 0 Å². The molecule has 1 aromatic carbocycles. The standard InChI is InChI=1S/C12H7ClN4O3/c13-8-3-1-2-7-9(8)15-12(16-10(7)18)17-5-6(4-14-17)11(19)20/h1-5H,(H,19,20)(H,15,16,18). The van der Waals surface area contributed by atoms with Crippen molar-refractivity contribution < 1.29 is 9.90 Å². The van der Waals surface area contributed by atoms with Crippen molar-refractivity contribution in [3.05, 3.63) is 51.5 Å². The fourth-order valence-corrected chi connectivity index (χ4v) is 1.99. The predicted octanol–water partition coefficient (Wildman–Crippen LogP) is 1.46. The molecule has 0 aliphatic carbocycles. The average Bonchev–Trinajstić information content (AvgIpc) is 2.89. The number of rotatable bonds is 2. The highest BCUT2D eigenvalue weighted by atomic mass is 35.5. The van der Waals surface area contributed by atoms with Crippen LogP contribution in [0.4, 0.5) is 0 Å². The molecule has 2 N–H and O–H groups in total. The Bertz CT molecular complexity index is 884. The third-order valence-corrected chi connectivity index (χ3v) is 3.03. The first-order valence-corrected chi connectivity index (χ1v) is 5.91. The molecule has 0 radical (unpaired) electrons. The summed E-state index contributed by atoms with van der Waals surface area (Å²) < 4.78 is 1.17. The summed E-state index contributed by atoms with van der Waals surface area (Å²) in [6.45, 7) is 0. The molecule has 0 aliphatic rings. The molecule has 0 bridgehead atoms. The molecule has 7 nitrogen and oxygen atoms in total. The molecule has 3 rings (SSSR count). The number of nitrogens with zero attached hydrogens (tertiary/aromatic N) is 3. The molecule has 20 heavy (non-hydrogen) atoms. The lowest BCUT2D eigenvalue weighted by molar-refractivity contribution is 0.0697. The molecule has 0 aliphatic heterocycles. The molecule has 100 valence electrons. The largest absolute Gasteiger partial charge is 0.478 e. The SMILES string of the molecule is O=C(O)c1cnn(-c2nc3c(Cl)cccc3c(=O)[nH]2)c1. The first-order valence-electron chi connectivity index (χ1n) is 5.53. The van der Waals surface area contributed by atoms with Gasteiger partial charge in [0.2, 0.25) is 5.95 Å². The second kappa shape index (κ2) is 4.46. The summed E-state index contributed by atoms with van der Waals surface area (Å²) in [5, 5.41) is 13.4. The maximum Gasteiger partial charge on any atom is 0.338 e. The van der Waals surface area contributed by atoms with E-state index in [-0.39, 0.29) is 17.1 Å². The molecule has 8 heteroatoms. The fraction of sp³-hybridized carbons (Fsp3) is 0. The van der Waals surface area contributed by atoms with Crippen LogP contribution in [-0.4, -0.2) is 30.8 Å². The summed E-state index contributed by atoms with van der Waals surface area (Å²) in [7, 11) is 0. The highest BCUT2D eigenvalue weighted by Gasteiger charge is 2.11. The molecule has 0 atom stereocenters. The maximum atomic E-state index is 12.0. The van der Waals surface area contributed by atoms with Crippen molar-refractivity contribution in [3.8, 4) is 5.95 Å². The Morgan fingerprint density at radius 2 is 2.20 bits per heavy atom. The smallest absolute Gasteiger partial charge is 0.338 e. The van der Waals surface area contributed by atoms with E-state index in [2.05, 4.69) is 15.1 Å². The van der Waals surface area contributed by atoms with Gasteiger partial charge in [0.15, 0.2) is 0 Å². The summed E-state index contributed by atoms with van der Waals surface area (Å²) in [5.74, 6) is -1.01. The van der Waals surface area contributed by atoms with Crippen LogP contribution in [0.2, 0.25) is 5.02 Å². The van der Waals surface area contributed by atoms with E-state index >= 15 is 0 Å². The van der Waals surface area contributed by atoms with Crippen LogP contribution >= 0.6 is 11.6 Å². The van der Waals surface area contributed by atoms with Gasteiger partial charge in [0.1, 0.15) is 0 Å². The monoisotopic (exact) mass is 290 g/mol. The van der Waals surface area contributed by atoms with E-state index in [0.29, 0.717) is 15.9 Å². The van der Waals surface area contributed by atoms with Crippen molar-refractivity contribution in [1.29, 1.82) is 0 Å². The lowest BCUT2D eigenvalue weighted by Gasteiger charge is -2.03. The Hall–Kier alpha value is -2.67. The molecule has 0 fully saturated rings. The van der Waals surface area contributed by atoms with Gasteiger partial charge in [0, 0.05) is 6.20 Å². The van der Waals surface area contributed by atoms with Gasteiger partial charge < -0.3 is 5.11 Å². The van der Waals surface area contributed by atoms with Crippen molar-refractivity contribution in [2.24, 2.45) is 0 Å². The molecule has 2 heterocycles. The highest BCUT2D eigenvalue weighted by molar-refractivity contribution is 6.35. The number of carbonyl (C=O) groups is 1. The third-order valence-electron chi connectivity index (χ3n) is 2.72. The number of para-hydroxylation sites is 1. The number of aromatic amines is 1. The van der Waals surface area contributed by atoms with Gasteiger partial charge in [-0.3, -0.25) is 9.78 Å². The minimum Gasteiger partial charge on any atom is -0.478 e. The number of carboxylic acid groups (broad SMARTS) is 1. The number of aromatic nitrogens is 4. The second-order valence-electron chi connectivity index (χ2n) is 4.00. The zero-order chi connectivity index (χ0) is 14.3. The number of benzene rings is 1. The second-order valence-corrected chi connectivity index (χ2v) is 4.41. The van der Waals surface area contributed by atoms with E-state index in [1.54, 1.807) is 18.2 Å². The number of hydrogen-bond donors (Lipinski definition) is 2. The van der Waals surface area contributed by atoms with Crippen molar-refractivity contribution in [2.75, 3.05) is 0 Å². The molecule has 0 amide bonds. The Balaban J connectivity index is 2.24. The first kappa shape index (κ1) is 12.4. The number of aromatic carboxylic acids is 1. The molecule has 2 aromatic heterocycles. The summed E-state index contributed by atoms with van der Waals surface area (Å²) in [6, 6.07) is 4.87. The Kier molecular flexibility index (Phi) is 2.76. The van der Waals surface area contributed by atoms with Crippen molar-refractivity contribution in [2.45, 2.75) is 0 Å². The fourth-order valence-electron chi connectivity index (χ4n) is 1.77. The van der Waals surface area contributed by atoms with E-state index in [9.17, 15) is 9.59 Å². The van der Waals surface area contributed by atoms with Gasteiger partial charge in [-0.15, -0.1) is 0 Å². The van der Waals surface area contributed by atoms with E-state index < -0.39 is 5.97 Å². The molecule has 0 unspecified atom stereocenters. The normalized spacial score (nSPS) is 10.8. The Morgan fingerprint density at radius 1 is 1.40 bits per heavy atom. The topological polar surface area (TPSA) is 101 Å². The van der Waals surface area contributed by atoms with E-state index in [1.807, 2.05) is 0 Å². The van der Waals surface area contributed by atoms with Crippen LogP contribution in [0, 0.1) is 0 Å². The van der Waals surface area contributed by atoms with Gasteiger partial charge in [0.05, 0.1) is 27.7 Å². The predicted molar refractivity (Wildman–Crippen MR) is 71.5 cm³/mol. The summed E-state index contributed by atoms with van der Waals surface area (Å²) in [4.78, 5) is 29.5. The van der Waals surface area contributed by atoms with Gasteiger partial charge in [-0.25, -0.2) is 14.5 Å². The van der Waals surface area contributed by atoms with Crippen LogP contribution in [0.3, 0.4) is 0 Å². The number of halogens is 1. The van der Waals surface area contributed by atoms with Gasteiger partial charge >= 0.3 is 5.97 Å². The molecule has 0 saturated heterocycles. The first-order chi connectivity index (χ1) is 9.56. The Morgan fingerprint density at radius 3 is 2.90 bits per heavy atom. The van der Waals surface area contributed by atoms with Crippen molar-refractivity contribution in [1.82, 2.24) is 19.7 Å². The molecule has 0 saturated carbocycles. The van der Waals surface area contributed by atoms with Crippen LogP contribution in [0.5, 0.6) is 0 Å². The van der Waals surface area contributed by atoms with Crippen LogP contribution in [0.15, 0.2) is 35.4 Å². The van der Waals surface area contributed by atoms with Gasteiger partial charge in [-0.1, -0.05) is 17.7 Å². The number of H-pyrrole nitrogens is 1. The van der Waals surface area contributed by atoms with Gasteiger partial charge in [-0.05, 0) is 12.1 Å². The van der Waals surface area contributed by atoms with Gasteiger partial charge in [0.25, 0.3) is 5.56 Å².